The first-order valence-electron chi connectivity index (χ1n) is 10.2. The van der Waals surface area contributed by atoms with Gasteiger partial charge in [0.1, 0.15) is 5.69 Å². The van der Waals surface area contributed by atoms with E-state index in [4.69, 9.17) is 0 Å². The molecule has 0 bridgehead atoms. The first-order valence-corrected chi connectivity index (χ1v) is 11.1. The molecule has 1 fully saturated rings. The topological polar surface area (TPSA) is 77.6 Å². The third-order valence-electron chi connectivity index (χ3n) is 5.16. The third kappa shape index (κ3) is 5.68. The van der Waals surface area contributed by atoms with Gasteiger partial charge in [0.25, 0.3) is 5.91 Å². The summed E-state index contributed by atoms with van der Waals surface area (Å²) >= 11 is 1.24. The van der Waals surface area contributed by atoms with Gasteiger partial charge in [0.2, 0.25) is 0 Å². The summed E-state index contributed by atoms with van der Waals surface area (Å²) < 4.78 is 0. The molecule has 0 unspecified atom stereocenters. The van der Waals surface area contributed by atoms with Crippen molar-refractivity contribution in [3.8, 4) is 0 Å². The quantitative estimate of drug-likeness (QED) is 0.634. The van der Waals surface area contributed by atoms with E-state index in [2.05, 4.69) is 32.7 Å². The zero-order valence-corrected chi connectivity index (χ0v) is 18.2. The van der Waals surface area contributed by atoms with Crippen LogP contribution in [0.2, 0.25) is 0 Å². The molecule has 1 aliphatic rings. The number of amides is 3. The van der Waals surface area contributed by atoms with E-state index in [0.717, 1.165) is 25.2 Å². The van der Waals surface area contributed by atoms with Crippen molar-refractivity contribution in [2.24, 2.45) is 0 Å². The van der Waals surface area contributed by atoms with Gasteiger partial charge in [-0.3, -0.25) is 15.0 Å². The molecule has 8 heteroatoms. The number of piperazine rings is 1. The van der Waals surface area contributed by atoms with Crippen LogP contribution in [0.1, 0.15) is 21.6 Å². The summed E-state index contributed by atoms with van der Waals surface area (Å²) in [5.41, 5.74) is 3.47. The third-order valence-corrected chi connectivity index (χ3v) is 5.92. The molecule has 2 aromatic carbocycles. The van der Waals surface area contributed by atoms with Crippen molar-refractivity contribution in [2.45, 2.75) is 13.5 Å². The van der Waals surface area contributed by atoms with Gasteiger partial charge in [-0.1, -0.05) is 48.0 Å². The van der Waals surface area contributed by atoms with Gasteiger partial charge in [-0.25, -0.2) is 9.78 Å². The molecule has 0 spiro atoms. The van der Waals surface area contributed by atoms with Crippen molar-refractivity contribution in [3.05, 3.63) is 76.8 Å². The van der Waals surface area contributed by atoms with Gasteiger partial charge in [0.05, 0.1) is 0 Å². The number of thiazole rings is 1. The maximum atomic E-state index is 12.8. The van der Waals surface area contributed by atoms with Crippen LogP contribution in [0.5, 0.6) is 0 Å². The second-order valence-electron chi connectivity index (χ2n) is 7.54. The van der Waals surface area contributed by atoms with Crippen LogP contribution < -0.4 is 10.6 Å². The van der Waals surface area contributed by atoms with E-state index in [-0.39, 0.29) is 11.9 Å². The fourth-order valence-corrected chi connectivity index (χ4v) is 4.12. The van der Waals surface area contributed by atoms with Gasteiger partial charge in [-0.15, -0.1) is 11.3 Å². The number of hydrogen-bond acceptors (Lipinski definition) is 5. The average Bonchev–Trinajstić information content (AvgIpc) is 3.24. The van der Waals surface area contributed by atoms with Crippen molar-refractivity contribution in [1.82, 2.24) is 14.8 Å². The highest BCUT2D eigenvalue weighted by Crippen LogP contribution is 2.19. The summed E-state index contributed by atoms with van der Waals surface area (Å²) in [4.78, 5) is 33.5. The number of nitrogens with one attached hydrogen (secondary N) is 2. The van der Waals surface area contributed by atoms with Crippen molar-refractivity contribution in [1.29, 1.82) is 0 Å². The van der Waals surface area contributed by atoms with Crippen molar-refractivity contribution in [2.75, 3.05) is 36.8 Å². The lowest BCUT2D eigenvalue weighted by Gasteiger charge is -2.34. The lowest BCUT2D eigenvalue weighted by molar-refractivity contribution is 0.0623. The van der Waals surface area contributed by atoms with Gasteiger partial charge in [0, 0.05) is 43.8 Å². The zero-order chi connectivity index (χ0) is 21.6. The molecule has 2 heterocycles. The van der Waals surface area contributed by atoms with E-state index >= 15 is 0 Å². The average molecular weight is 436 g/mol. The lowest BCUT2D eigenvalue weighted by atomic mass is 10.2. The first-order chi connectivity index (χ1) is 15.1. The van der Waals surface area contributed by atoms with Crippen LogP contribution in [0.3, 0.4) is 0 Å². The predicted octanol–water partition coefficient (Wildman–Crippen LogP) is 4.05. The maximum absolute atomic E-state index is 12.8. The summed E-state index contributed by atoms with van der Waals surface area (Å²) in [5, 5.41) is 7.55. The number of anilines is 2. The molecule has 7 nitrogen and oxygen atoms in total. The number of urea groups is 1. The Balaban J connectivity index is 1.27. The Hall–Kier alpha value is -3.23. The zero-order valence-electron chi connectivity index (χ0n) is 17.4. The standard InChI is InChI=1S/C23H25N5O2S/c1-17-7-9-19(10-8-17)24-22(30)26-23-25-20(16-31-23)21(29)28-13-11-27(12-14-28)15-18-5-3-2-4-6-18/h2-10,16H,11-15H2,1H3,(H2,24,25,26,30). The SMILES string of the molecule is Cc1ccc(NC(=O)Nc2nc(C(=O)N3CCN(Cc4ccccc4)CC3)cs2)cc1. The first kappa shape index (κ1) is 21.0. The Morgan fingerprint density at radius 3 is 2.39 bits per heavy atom. The number of nitrogens with zero attached hydrogens (tertiary/aromatic N) is 3. The largest absolute Gasteiger partial charge is 0.335 e. The van der Waals surface area contributed by atoms with Crippen LogP contribution in [0, 0.1) is 6.92 Å². The van der Waals surface area contributed by atoms with E-state index in [1.807, 2.05) is 54.3 Å². The molecule has 0 aliphatic carbocycles. The highest BCUT2D eigenvalue weighted by molar-refractivity contribution is 7.14. The molecular formula is C23H25N5O2S. The Morgan fingerprint density at radius 1 is 0.968 bits per heavy atom. The van der Waals surface area contributed by atoms with Gasteiger partial charge in [-0.05, 0) is 24.6 Å². The van der Waals surface area contributed by atoms with E-state index in [9.17, 15) is 9.59 Å². The summed E-state index contributed by atoms with van der Waals surface area (Å²) in [6.07, 6.45) is 0. The molecule has 0 radical (unpaired) electrons. The minimum Gasteiger partial charge on any atom is -0.335 e. The second-order valence-corrected chi connectivity index (χ2v) is 8.40. The Morgan fingerprint density at radius 2 is 1.68 bits per heavy atom. The lowest BCUT2D eigenvalue weighted by Crippen LogP contribution is -2.48. The molecular weight excluding hydrogens is 410 g/mol. The van der Waals surface area contributed by atoms with Gasteiger partial charge in [0.15, 0.2) is 5.13 Å². The smallest absolute Gasteiger partial charge is 0.325 e. The molecule has 1 aromatic heterocycles. The van der Waals surface area contributed by atoms with Crippen LogP contribution in [-0.2, 0) is 6.54 Å². The Kier molecular flexibility index (Phi) is 6.59. The number of carbonyl (C=O) groups is 2. The fourth-order valence-electron chi connectivity index (χ4n) is 3.44. The fraction of sp³-hybridized carbons (Fsp3) is 0.261. The van der Waals surface area contributed by atoms with Crippen LogP contribution in [-0.4, -0.2) is 52.9 Å². The maximum Gasteiger partial charge on any atom is 0.325 e. The number of carbonyl (C=O) groups excluding carboxylic acids is 2. The van der Waals surface area contributed by atoms with E-state index in [0.29, 0.717) is 29.6 Å². The van der Waals surface area contributed by atoms with Gasteiger partial charge >= 0.3 is 6.03 Å². The number of hydrogen-bond donors (Lipinski definition) is 2. The van der Waals surface area contributed by atoms with Crippen molar-refractivity contribution >= 4 is 34.1 Å². The number of aromatic nitrogens is 1. The monoisotopic (exact) mass is 435 g/mol. The molecule has 3 amide bonds. The van der Waals surface area contributed by atoms with E-state index < -0.39 is 0 Å². The Bertz CT molecular complexity index is 1030. The number of aryl methyl sites for hydroxylation is 1. The molecule has 160 valence electrons. The summed E-state index contributed by atoms with van der Waals surface area (Å²) in [7, 11) is 0. The molecule has 0 saturated carbocycles. The molecule has 1 saturated heterocycles. The second kappa shape index (κ2) is 9.72. The minimum atomic E-state index is -0.383. The summed E-state index contributed by atoms with van der Waals surface area (Å²) in [6, 6.07) is 17.5. The molecule has 31 heavy (non-hydrogen) atoms. The van der Waals surface area contributed by atoms with E-state index in [1.165, 1.54) is 16.9 Å². The highest BCUT2D eigenvalue weighted by Gasteiger charge is 2.24. The molecule has 2 N–H and O–H groups in total. The van der Waals surface area contributed by atoms with Gasteiger partial charge in [-0.2, -0.15) is 0 Å². The van der Waals surface area contributed by atoms with Crippen LogP contribution >= 0.6 is 11.3 Å². The minimum absolute atomic E-state index is 0.0948. The molecule has 4 rings (SSSR count). The van der Waals surface area contributed by atoms with Crippen molar-refractivity contribution in [3.63, 3.8) is 0 Å². The summed E-state index contributed by atoms with van der Waals surface area (Å²) in [6.45, 7) is 5.87. The number of rotatable bonds is 5. The highest BCUT2D eigenvalue weighted by atomic mass is 32.1. The van der Waals surface area contributed by atoms with Crippen molar-refractivity contribution < 1.29 is 9.59 Å². The number of benzene rings is 2. The Labute approximate surface area is 185 Å². The van der Waals surface area contributed by atoms with Crippen LogP contribution in [0.15, 0.2) is 60.0 Å². The normalized spacial score (nSPS) is 14.3. The molecule has 1 aliphatic heterocycles. The summed E-state index contributed by atoms with van der Waals surface area (Å²) in [5.74, 6) is -0.0948. The molecule has 0 atom stereocenters. The van der Waals surface area contributed by atoms with Crippen LogP contribution in [0.25, 0.3) is 0 Å². The van der Waals surface area contributed by atoms with E-state index in [1.54, 1.807) is 5.38 Å². The van der Waals surface area contributed by atoms with Crippen LogP contribution in [0.4, 0.5) is 15.6 Å². The van der Waals surface area contributed by atoms with Gasteiger partial charge < -0.3 is 10.2 Å². The molecule has 3 aromatic rings. The predicted molar refractivity (Wildman–Crippen MR) is 124 cm³/mol.